The lowest BCUT2D eigenvalue weighted by molar-refractivity contribution is -0.138. The van der Waals surface area contributed by atoms with Gasteiger partial charge in [0, 0.05) is 42.4 Å². The topological polar surface area (TPSA) is 138 Å². The van der Waals surface area contributed by atoms with Crippen LogP contribution in [0.15, 0.2) is 24.3 Å². The molecule has 3 heterocycles. The number of nitrogens with zero attached hydrogens (tertiary/aromatic N) is 1. The highest BCUT2D eigenvalue weighted by Crippen LogP contribution is 2.53. The van der Waals surface area contributed by atoms with Gasteiger partial charge in [-0.15, -0.1) is 0 Å². The molecular weight excluding hydrogens is 448 g/mol. The van der Waals surface area contributed by atoms with Gasteiger partial charge in [-0.3, -0.25) is 14.4 Å². The van der Waals surface area contributed by atoms with Gasteiger partial charge in [-0.25, -0.2) is 0 Å². The molecule has 5 N–H and O–H groups in total. The van der Waals surface area contributed by atoms with Crippen molar-refractivity contribution in [3.8, 4) is 5.75 Å². The molecule has 1 aliphatic carbocycles. The number of nitrogens with two attached hydrogens (primary N) is 1. The number of hydrogen-bond donors (Lipinski definition) is 4. The molecule has 0 bridgehead atoms. The molecule has 188 valence electrons. The van der Waals surface area contributed by atoms with Crippen molar-refractivity contribution in [2.24, 2.45) is 29.4 Å². The Bertz CT molecular complexity index is 1150. The number of likely N-dealkylation sites (tertiary alicyclic amines) is 1. The van der Waals surface area contributed by atoms with Crippen molar-refractivity contribution in [2.45, 2.75) is 44.1 Å². The average Bonchev–Trinajstić information content (AvgIpc) is 3.57. The lowest BCUT2D eigenvalue weighted by Gasteiger charge is -2.45. The smallest absolute Gasteiger partial charge is 0.271 e. The summed E-state index contributed by atoms with van der Waals surface area (Å²) in [4.78, 5) is 44.8. The number of primary amides is 1. The summed E-state index contributed by atoms with van der Waals surface area (Å²) in [6.07, 6.45) is 4.50. The van der Waals surface area contributed by atoms with E-state index in [9.17, 15) is 19.5 Å². The molecule has 1 aromatic carbocycles. The molecule has 9 heteroatoms. The SMILES string of the molecule is COc1cccc2[nH]c(C(=O)N3CC4CCCC4C3(C(N)=O)[C@@H](CO)C[C@@H]3CCCNC3=O)cc12. The molecule has 2 saturated heterocycles. The number of hydrogen-bond acceptors (Lipinski definition) is 5. The molecule has 3 unspecified atom stereocenters. The van der Waals surface area contributed by atoms with Crippen molar-refractivity contribution in [3.05, 3.63) is 30.0 Å². The molecule has 3 aliphatic rings. The highest BCUT2D eigenvalue weighted by Gasteiger charge is 2.64. The normalized spacial score (nSPS) is 29.1. The summed E-state index contributed by atoms with van der Waals surface area (Å²) in [6, 6.07) is 7.29. The van der Waals surface area contributed by atoms with Crippen LogP contribution in [0.2, 0.25) is 0 Å². The Hall–Kier alpha value is -3.07. The lowest BCUT2D eigenvalue weighted by atomic mass is 9.68. The van der Waals surface area contributed by atoms with Gasteiger partial charge in [0.05, 0.1) is 7.11 Å². The number of methoxy groups -OCH3 is 1. The Morgan fingerprint density at radius 3 is 2.83 bits per heavy atom. The van der Waals surface area contributed by atoms with Gasteiger partial charge in [0.2, 0.25) is 11.8 Å². The van der Waals surface area contributed by atoms with Crippen LogP contribution in [0.25, 0.3) is 10.9 Å². The molecule has 1 aromatic heterocycles. The number of ether oxygens (including phenoxy) is 1. The van der Waals surface area contributed by atoms with Crippen LogP contribution in [0.1, 0.15) is 49.0 Å². The number of benzene rings is 1. The van der Waals surface area contributed by atoms with Crippen LogP contribution in [0.4, 0.5) is 0 Å². The van der Waals surface area contributed by atoms with Crippen LogP contribution in [0.3, 0.4) is 0 Å². The quantitative estimate of drug-likeness (QED) is 0.477. The molecular formula is C26H34N4O5. The van der Waals surface area contributed by atoms with Crippen molar-refractivity contribution in [1.82, 2.24) is 15.2 Å². The van der Waals surface area contributed by atoms with Crippen molar-refractivity contribution < 1.29 is 24.2 Å². The number of amides is 3. The van der Waals surface area contributed by atoms with Crippen LogP contribution in [0, 0.1) is 23.7 Å². The van der Waals surface area contributed by atoms with Gasteiger partial charge in [-0.2, -0.15) is 0 Å². The number of aromatic nitrogens is 1. The summed E-state index contributed by atoms with van der Waals surface area (Å²) < 4.78 is 5.45. The highest BCUT2D eigenvalue weighted by molar-refractivity contribution is 6.03. The molecule has 0 spiro atoms. The van der Waals surface area contributed by atoms with E-state index in [2.05, 4.69) is 10.3 Å². The Morgan fingerprint density at radius 2 is 2.11 bits per heavy atom. The minimum absolute atomic E-state index is 0.0594. The summed E-state index contributed by atoms with van der Waals surface area (Å²) >= 11 is 0. The maximum atomic E-state index is 14.0. The Balaban J connectivity index is 1.56. The van der Waals surface area contributed by atoms with E-state index < -0.39 is 17.4 Å². The van der Waals surface area contributed by atoms with E-state index in [4.69, 9.17) is 10.5 Å². The second kappa shape index (κ2) is 9.18. The second-order valence-corrected chi connectivity index (χ2v) is 10.3. The Kier molecular flexibility index (Phi) is 6.21. The van der Waals surface area contributed by atoms with Crippen molar-refractivity contribution in [3.63, 3.8) is 0 Å². The number of aliphatic hydroxyl groups excluding tert-OH is 1. The number of fused-ring (bicyclic) bond motifs is 2. The van der Waals surface area contributed by atoms with Crippen LogP contribution in [-0.4, -0.2) is 65.1 Å². The highest BCUT2D eigenvalue weighted by atomic mass is 16.5. The predicted molar refractivity (Wildman–Crippen MR) is 130 cm³/mol. The zero-order valence-corrected chi connectivity index (χ0v) is 20.1. The van der Waals surface area contributed by atoms with Gasteiger partial charge in [0.25, 0.3) is 5.91 Å². The first kappa shape index (κ1) is 23.7. The summed E-state index contributed by atoms with van der Waals surface area (Å²) in [6.45, 7) is 0.728. The first-order valence-electron chi connectivity index (χ1n) is 12.6. The van der Waals surface area contributed by atoms with Crippen molar-refractivity contribution in [1.29, 1.82) is 0 Å². The third-order valence-electron chi connectivity index (χ3n) is 8.61. The number of carbonyl (C=O) groups excluding carboxylic acids is 3. The van der Waals surface area contributed by atoms with E-state index in [1.165, 1.54) is 0 Å². The third kappa shape index (κ3) is 3.67. The molecule has 5 rings (SSSR count). The van der Waals surface area contributed by atoms with Gasteiger partial charge >= 0.3 is 0 Å². The maximum Gasteiger partial charge on any atom is 0.271 e. The Labute approximate surface area is 204 Å². The predicted octanol–water partition coefficient (Wildman–Crippen LogP) is 1.80. The summed E-state index contributed by atoms with van der Waals surface area (Å²) in [5.41, 5.74) is 5.92. The fourth-order valence-electron chi connectivity index (χ4n) is 7.07. The zero-order chi connectivity index (χ0) is 24.7. The minimum Gasteiger partial charge on any atom is -0.496 e. The molecule has 2 aliphatic heterocycles. The number of nitrogens with one attached hydrogen (secondary N) is 2. The molecule has 3 fully saturated rings. The lowest BCUT2D eigenvalue weighted by Crippen LogP contribution is -2.65. The Morgan fingerprint density at radius 1 is 1.29 bits per heavy atom. The minimum atomic E-state index is -1.34. The van der Waals surface area contributed by atoms with Gasteiger partial charge in [0.1, 0.15) is 17.0 Å². The number of rotatable bonds is 7. The number of piperidine rings is 1. The third-order valence-corrected chi connectivity index (χ3v) is 8.61. The first-order valence-corrected chi connectivity index (χ1v) is 12.6. The zero-order valence-electron chi connectivity index (χ0n) is 20.1. The van der Waals surface area contributed by atoms with E-state index in [1.807, 2.05) is 18.2 Å². The number of H-pyrrole nitrogens is 1. The summed E-state index contributed by atoms with van der Waals surface area (Å²) in [7, 11) is 1.58. The largest absolute Gasteiger partial charge is 0.496 e. The molecule has 3 amide bonds. The van der Waals surface area contributed by atoms with Gasteiger partial charge in [0.15, 0.2) is 0 Å². The van der Waals surface area contributed by atoms with Crippen molar-refractivity contribution in [2.75, 3.05) is 26.8 Å². The van der Waals surface area contributed by atoms with E-state index in [0.29, 0.717) is 37.4 Å². The average molecular weight is 483 g/mol. The van der Waals surface area contributed by atoms with Crippen molar-refractivity contribution >= 4 is 28.6 Å². The molecule has 5 atom stereocenters. The maximum absolute atomic E-state index is 14.0. The summed E-state index contributed by atoms with van der Waals surface area (Å²) in [5.74, 6) is -1.25. The fraction of sp³-hybridized carbons (Fsp3) is 0.577. The van der Waals surface area contributed by atoms with E-state index >= 15 is 0 Å². The molecule has 35 heavy (non-hydrogen) atoms. The number of carbonyl (C=O) groups is 3. The standard InChI is InChI=1S/C26H34N4O5/c1-35-22-9-3-8-20-18(22)12-21(29-20)24(33)30-13-16-5-2-7-19(16)26(30,25(27)34)17(14-31)11-15-6-4-10-28-23(15)32/h3,8-9,12,15-17,19,29,31H,2,4-7,10-11,13-14H2,1H3,(H2,27,34)(H,28,32)/t15-,16?,17+,19?,26?/m0/s1. The van der Waals surface area contributed by atoms with Gasteiger partial charge < -0.3 is 30.8 Å². The van der Waals surface area contributed by atoms with Crippen LogP contribution >= 0.6 is 0 Å². The van der Waals surface area contributed by atoms with Gasteiger partial charge in [-0.05, 0) is 62.1 Å². The van der Waals surface area contributed by atoms with E-state index in [0.717, 1.165) is 36.6 Å². The van der Waals surface area contributed by atoms with E-state index in [1.54, 1.807) is 18.1 Å². The molecule has 9 nitrogen and oxygen atoms in total. The van der Waals surface area contributed by atoms with Crippen LogP contribution in [0.5, 0.6) is 5.75 Å². The van der Waals surface area contributed by atoms with Crippen LogP contribution in [-0.2, 0) is 9.59 Å². The van der Waals surface area contributed by atoms with E-state index in [-0.39, 0.29) is 36.2 Å². The monoisotopic (exact) mass is 482 g/mol. The first-order chi connectivity index (χ1) is 16.9. The molecule has 2 aromatic rings. The number of aliphatic hydroxyl groups is 1. The molecule has 0 radical (unpaired) electrons. The number of aromatic amines is 1. The van der Waals surface area contributed by atoms with Crippen LogP contribution < -0.4 is 15.8 Å². The molecule has 1 saturated carbocycles. The summed E-state index contributed by atoms with van der Waals surface area (Å²) in [5, 5.41) is 14.3. The fourth-order valence-corrected chi connectivity index (χ4v) is 7.07. The second-order valence-electron chi connectivity index (χ2n) is 10.3. The van der Waals surface area contributed by atoms with Gasteiger partial charge in [-0.1, -0.05) is 12.5 Å².